The zero-order chi connectivity index (χ0) is 24.2. The second kappa shape index (κ2) is 10.0. The van der Waals surface area contributed by atoms with Gasteiger partial charge in [-0.25, -0.2) is 0 Å². The quantitative estimate of drug-likeness (QED) is 0.266. The third-order valence-corrected chi connectivity index (χ3v) is 5.70. The minimum atomic E-state index is -0.864. The molecule has 1 heterocycles. The molecule has 1 saturated heterocycles. The largest absolute Gasteiger partial charge is 0.507 e. The van der Waals surface area contributed by atoms with E-state index in [-0.39, 0.29) is 11.3 Å². The lowest BCUT2D eigenvalue weighted by Crippen LogP contribution is -2.29. The van der Waals surface area contributed by atoms with Gasteiger partial charge in [0.2, 0.25) is 0 Å². The number of anilines is 1. The van der Waals surface area contributed by atoms with E-state index in [4.69, 9.17) is 21.1 Å². The van der Waals surface area contributed by atoms with E-state index in [1.807, 2.05) is 13.8 Å². The number of ether oxygens (including phenoxy) is 2. The van der Waals surface area contributed by atoms with Gasteiger partial charge in [0.1, 0.15) is 17.3 Å². The summed E-state index contributed by atoms with van der Waals surface area (Å²) in [6, 6.07) is 19.7. The number of hydrogen-bond acceptors (Lipinski definition) is 5. The van der Waals surface area contributed by atoms with E-state index in [2.05, 4.69) is 0 Å². The summed E-state index contributed by atoms with van der Waals surface area (Å²) in [6.07, 6.45) is 0. The normalized spacial score (nSPS) is 17.1. The van der Waals surface area contributed by atoms with Gasteiger partial charge in [0.25, 0.3) is 11.7 Å². The van der Waals surface area contributed by atoms with Crippen LogP contribution in [-0.4, -0.2) is 30.0 Å². The number of aliphatic hydroxyl groups excluding tert-OH is 1. The van der Waals surface area contributed by atoms with Crippen LogP contribution in [0.5, 0.6) is 11.5 Å². The molecule has 3 aromatic rings. The van der Waals surface area contributed by atoms with Crippen molar-refractivity contribution in [1.29, 1.82) is 0 Å². The second-order valence-electron chi connectivity index (χ2n) is 7.61. The number of hydrogen-bond donors (Lipinski definition) is 1. The molecule has 1 unspecified atom stereocenters. The van der Waals surface area contributed by atoms with Gasteiger partial charge in [0.05, 0.1) is 24.8 Å². The number of nitrogens with zero attached hydrogens (tertiary/aromatic N) is 1. The SMILES string of the molecule is CCOc1cccc(/C(O)=C2/C(=O)C(=O)N(c3ccc(Cl)cc3)C2c2cccc(OCC)c2)c1. The minimum Gasteiger partial charge on any atom is -0.507 e. The van der Waals surface area contributed by atoms with Gasteiger partial charge < -0.3 is 14.6 Å². The fourth-order valence-electron chi connectivity index (χ4n) is 4.01. The third-order valence-electron chi connectivity index (χ3n) is 5.45. The molecule has 1 atom stereocenters. The van der Waals surface area contributed by atoms with Crippen molar-refractivity contribution in [3.8, 4) is 11.5 Å². The molecule has 0 aliphatic carbocycles. The number of carbonyl (C=O) groups excluding carboxylic acids is 2. The molecule has 34 heavy (non-hydrogen) atoms. The molecule has 7 heteroatoms. The standard InChI is InChI=1S/C27H24ClNO5/c1-3-33-21-9-5-7-17(15-21)24-23(25(30)18-8-6-10-22(16-18)34-4-2)26(31)27(32)29(24)20-13-11-19(28)12-14-20/h5-16,24,30H,3-4H2,1-2H3/b25-23-. The molecule has 0 spiro atoms. The molecule has 174 valence electrons. The van der Waals surface area contributed by atoms with Crippen molar-refractivity contribution in [2.75, 3.05) is 18.1 Å². The molecule has 1 fully saturated rings. The Morgan fingerprint density at radius 1 is 0.912 bits per heavy atom. The zero-order valence-corrected chi connectivity index (χ0v) is 19.6. The lowest BCUT2D eigenvalue weighted by Gasteiger charge is -2.26. The first-order chi connectivity index (χ1) is 16.4. The number of rotatable bonds is 7. The lowest BCUT2D eigenvalue weighted by atomic mass is 9.95. The Morgan fingerprint density at radius 2 is 1.53 bits per heavy atom. The highest BCUT2D eigenvalue weighted by Crippen LogP contribution is 2.43. The van der Waals surface area contributed by atoms with Gasteiger partial charge in [0, 0.05) is 16.3 Å². The van der Waals surface area contributed by atoms with Gasteiger partial charge in [0.15, 0.2) is 0 Å². The minimum absolute atomic E-state index is 0.0118. The number of Topliss-reactive ketones (excluding diaryl/α,β-unsaturated/α-hetero) is 1. The topological polar surface area (TPSA) is 76.1 Å². The first kappa shape index (κ1) is 23.4. The van der Waals surface area contributed by atoms with Gasteiger partial charge >= 0.3 is 0 Å². The lowest BCUT2D eigenvalue weighted by molar-refractivity contribution is -0.132. The Labute approximate surface area is 203 Å². The fourth-order valence-corrected chi connectivity index (χ4v) is 4.14. The number of carbonyl (C=O) groups is 2. The Morgan fingerprint density at radius 3 is 2.18 bits per heavy atom. The molecule has 1 aliphatic rings. The Balaban J connectivity index is 1.92. The summed E-state index contributed by atoms with van der Waals surface area (Å²) in [5.41, 5.74) is 1.48. The van der Waals surface area contributed by atoms with Crippen molar-refractivity contribution in [3.63, 3.8) is 0 Å². The molecule has 0 aromatic heterocycles. The Bertz CT molecular complexity index is 1250. The Kier molecular flexibility index (Phi) is 6.89. The van der Waals surface area contributed by atoms with Crippen molar-refractivity contribution in [2.45, 2.75) is 19.9 Å². The second-order valence-corrected chi connectivity index (χ2v) is 8.05. The van der Waals surface area contributed by atoms with Crippen molar-refractivity contribution < 1.29 is 24.2 Å². The van der Waals surface area contributed by atoms with Crippen LogP contribution in [-0.2, 0) is 9.59 Å². The monoisotopic (exact) mass is 477 g/mol. The van der Waals surface area contributed by atoms with E-state index in [1.54, 1.807) is 72.8 Å². The smallest absolute Gasteiger partial charge is 0.300 e. The highest BCUT2D eigenvalue weighted by Gasteiger charge is 2.47. The van der Waals surface area contributed by atoms with Crippen LogP contribution in [0.25, 0.3) is 5.76 Å². The van der Waals surface area contributed by atoms with Crippen LogP contribution < -0.4 is 14.4 Å². The van der Waals surface area contributed by atoms with E-state index >= 15 is 0 Å². The van der Waals surface area contributed by atoms with Crippen LogP contribution in [0.4, 0.5) is 5.69 Å². The predicted molar refractivity (Wildman–Crippen MR) is 131 cm³/mol. The maximum absolute atomic E-state index is 13.3. The molecule has 0 saturated carbocycles. The van der Waals surface area contributed by atoms with Crippen LogP contribution in [0.15, 0.2) is 78.4 Å². The van der Waals surface area contributed by atoms with Gasteiger partial charge in [-0.05, 0) is 67.9 Å². The van der Waals surface area contributed by atoms with Crippen molar-refractivity contribution in [1.82, 2.24) is 0 Å². The number of aliphatic hydroxyl groups is 1. The van der Waals surface area contributed by atoms with Crippen molar-refractivity contribution in [3.05, 3.63) is 94.5 Å². The summed E-state index contributed by atoms with van der Waals surface area (Å²) in [5, 5.41) is 11.8. The molecule has 1 N–H and O–H groups in total. The summed E-state index contributed by atoms with van der Waals surface area (Å²) >= 11 is 6.04. The van der Waals surface area contributed by atoms with E-state index in [1.165, 1.54) is 4.90 Å². The van der Waals surface area contributed by atoms with Crippen LogP contribution in [0.1, 0.15) is 31.0 Å². The summed E-state index contributed by atoms with van der Waals surface area (Å²) < 4.78 is 11.2. The molecule has 4 rings (SSSR count). The summed E-state index contributed by atoms with van der Waals surface area (Å²) in [5.74, 6) is -0.644. The molecule has 1 aliphatic heterocycles. The highest BCUT2D eigenvalue weighted by molar-refractivity contribution is 6.51. The molecule has 0 radical (unpaired) electrons. The van der Waals surface area contributed by atoms with Crippen LogP contribution >= 0.6 is 11.6 Å². The van der Waals surface area contributed by atoms with Gasteiger partial charge in [-0.15, -0.1) is 0 Å². The number of ketones is 1. The zero-order valence-electron chi connectivity index (χ0n) is 18.8. The van der Waals surface area contributed by atoms with Gasteiger partial charge in [-0.1, -0.05) is 35.9 Å². The summed E-state index contributed by atoms with van der Waals surface area (Å²) in [7, 11) is 0. The van der Waals surface area contributed by atoms with E-state index in [0.717, 1.165) is 0 Å². The molecule has 1 amide bonds. The molecule has 0 bridgehead atoms. The average Bonchev–Trinajstić information content (AvgIpc) is 3.10. The average molecular weight is 478 g/mol. The van der Waals surface area contributed by atoms with Crippen LogP contribution in [0.2, 0.25) is 5.02 Å². The maximum atomic E-state index is 13.3. The first-order valence-electron chi connectivity index (χ1n) is 11.0. The van der Waals surface area contributed by atoms with Crippen LogP contribution in [0.3, 0.4) is 0 Å². The Hall–Kier alpha value is -3.77. The van der Waals surface area contributed by atoms with Gasteiger partial charge in [-0.2, -0.15) is 0 Å². The fraction of sp³-hybridized carbons (Fsp3) is 0.185. The van der Waals surface area contributed by atoms with Crippen molar-refractivity contribution in [2.24, 2.45) is 0 Å². The number of amides is 1. The van der Waals surface area contributed by atoms with Crippen molar-refractivity contribution >= 4 is 34.7 Å². The van der Waals surface area contributed by atoms with E-state index < -0.39 is 17.7 Å². The highest BCUT2D eigenvalue weighted by atomic mass is 35.5. The number of benzene rings is 3. The summed E-state index contributed by atoms with van der Waals surface area (Å²) in [6.45, 7) is 4.65. The molecule has 6 nitrogen and oxygen atoms in total. The molecule has 3 aromatic carbocycles. The third kappa shape index (κ3) is 4.50. The van der Waals surface area contributed by atoms with Gasteiger partial charge in [-0.3, -0.25) is 14.5 Å². The first-order valence-corrected chi connectivity index (χ1v) is 11.3. The van der Waals surface area contributed by atoms with E-state index in [0.29, 0.717) is 46.5 Å². The van der Waals surface area contributed by atoms with E-state index in [9.17, 15) is 14.7 Å². The summed E-state index contributed by atoms with van der Waals surface area (Å²) in [4.78, 5) is 27.9. The maximum Gasteiger partial charge on any atom is 0.300 e. The van der Waals surface area contributed by atoms with Crippen LogP contribution in [0, 0.1) is 0 Å². The predicted octanol–water partition coefficient (Wildman–Crippen LogP) is 5.76. The molecular weight excluding hydrogens is 454 g/mol. The number of halogens is 1. The molecular formula is C27H24ClNO5.